The number of aliphatic carboxylic acids is 1. The maximum atomic E-state index is 11.4. The third kappa shape index (κ3) is 2.99. The van der Waals surface area contributed by atoms with Crippen molar-refractivity contribution < 1.29 is 9.90 Å². The highest BCUT2D eigenvalue weighted by molar-refractivity contribution is 7.98. The van der Waals surface area contributed by atoms with Gasteiger partial charge in [-0.1, -0.05) is 18.2 Å². The highest BCUT2D eigenvalue weighted by atomic mass is 32.2. The minimum absolute atomic E-state index is 0.0174. The van der Waals surface area contributed by atoms with E-state index in [1.807, 2.05) is 25.3 Å². The minimum Gasteiger partial charge on any atom is -0.481 e. The first kappa shape index (κ1) is 15.7. The van der Waals surface area contributed by atoms with Crippen molar-refractivity contribution in [2.24, 2.45) is 0 Å². The fraction of sp³-hybridized carbons (Fsp3) is 0.211. The summed E-state index contributed by atoms with van der Waals surface area (Å²) in [5, 5.41) is 10.4. The van der Waals surface area contributed by atoms with E-state index >= 15 is 0 Å². The van der Waals surface area contributed by atoms with E-state index in [0.29, 0.717) is 0 Å². The van der Waals surface area contributed by atoms with Crippen LogP contribution in [0.25, 0.3) is 22.2 Å². The molecule has 3 rings (SSSR count). The maximum absolute atomic E-state index is 11.4. The zero-order valence-corrected chi connectivity index (χ0v) is 14.3. The van der Waals surface area contributed by atoms with Gasteiger partial charge in [0.2, 0.25) is 0 Å². The van der Waals surface area contributed by atoms with Gasteiger partial charge in [-0.25, -0.2) is 0 Å². The van der Waals surface area contributed by atoms with Crippen LogP contribution in [0.1, 0.15) is 16.7 Å². The number of fused-ring (bicyclic) bond motifs is 1. The molecule has 1 aromatic heterocycles. The van der Waals surface area contributed by atoms with Gasteiger partial charge in [-0.05, 0) is 60.6 Å². The van der Waals surface area contributed by atoms with E-state index in [4.69, 9.17) is 0 Å². The Hall–Kier alpha value is -2.20. The van der Waals surface area contributed by atoms with Crippen LogP contribution in [0.3, 0.4) is 0 Å². The van der Waals surface area contributed by atoms with Crippen LogP contribution in [0.2, 0.25) is 0 Å². The summed E-state index contributed by atoms with van der Waals surface area (Å²) in [5.41, 5.74) is 6.07. The number of nitrogens with one attached hydrogen (secondary N) is 1. The van der Waals surface area contributed by atoms with Crippen LogP contribution >= 0.6 is 11.8 Å². The summed E-state index contributed by atoms with van der Waals surface area (Å²) in [5.74, 6) is -0.812. The summed E-state index contributed by atoms with van der Waals surface area (Å²) in [6, 6.07) is 12.4. The van der Waals surface area contributed by atoms with Crippen molar-refractivity contribution in [1.82, 2.24) is 4.98 Å². The number of aromatic nitrogens is 1. The Morgan fingerprint density at radius 2 is 1.87 bits per heavy atom. The molecule has 0 aliphatic carbocycles. The number of H-pyrrole nitrogens is 1. The lowest BCUT2D eigenvalue weighted by atomic mass is 9.99. The van der Waals surface area contributed by atoms with Gasteiger partial charge in [-0.3, -0.25) is 4.79 Å². The second kappa shape index (κ2) is 6.13. The number of thioether (sulfide) groups is 1. The third-order valence-corrected chi connectivity index (χ3v) is 4.79. The zero-order chi connectivity index (χ0) is 16.6. The van der Waals surface area contributed by atoms with E-state index in [9.17, 15) is 9.90 Å². The summed E-state index contributed by atoms with van der Waals surface area (Å²) in [6.07, 6.45) is 2.06. The van der Waals surface area contributed by atoms with Crippen LogP contribution < -0.4 is 0 Å². The number of carboxylic acid groups (broad SMARTS) is 1. The van der Waals surface area contributed by atoms with Crippen LogP contribution in [0.15, 0.2) is 41.3 Å². The molecule has 0 aliphatic heterocycles. The van der Waals surface area contributed by atoms with Crippen molar-refractivity contribution in [2.75, 3.05) is 6.26 Å². The molecule has 4 heteroatoms. The number of hydrogen-bond acceptors (Lipinski definition) is 2. The molecule has 2 N–H and O–H groups in total. The summed E-state index contributed by atoms with van der Waals surface area (Å²) >= 11 is 1.69. The largest absolute Gasteiger partial charge is 0.481 e. The van der Waals surface area contributed by atoms with E-state index in [1.165, 1.54) is 10.5 Å². The van der Waals surface area contributed by atoms with Crippen molar-refractivity contribution in [1.29, 1.82) is 0 Å². The van der Waals surface area contributed by atoms with Gasteiger partial charge in [0.25, 0.3) is 0 Å². The van der Waals surface area contributed by atoms with Crippen LogP contribution in [-0.4, -0.2) is 22.3 Å². The highest BCUT2D eigenvalue weighted by Crippen LogP contribution is 2.34. The smallest absolute Gasteiger partial charge is 0.307 e. The van der Waals surface area contributed by atoms with E-state index < -0.39 is 5.97 Å². The van der Waals surface area contributed by atoms with E-state index in [1.54, 1.807) is 11.8 Å². The predicted molar refractivity (Wildman–Crippen MR) is 96.3 cm³/mol. The number of benzene rings is 2. The highest BCUT2D eigenvalue weighted by Gasteiger charge is 2.17. The molecule has 0 saturated carbocycles. The Kier molecular flexibility index (Phi) is 4.18. The lowest BCUT2D eigenvalue weighted by Gasteiger charge is -2.05. The molecule has 3 aromatic rings. The van der Waals surface area contributed by atoms with Crippen LogP contribution in [0, 0.1) is 13.8 Å². The first-order chi connectivity index (χ1) is 11.0. The zero-order valence-electron chi connectivity index (χ0n) is 13.4. The third-order valence-electron chi connectivity index (χ3n) is 4.05. The lowest BCUT2D eigenvalue weighted by Crippen LogP contribution is -2.01. The molecule has 0 amide bonds. The molecule has 0 bridgehead atoms. The molecule has 0 spiro atoms. The number of carbonyl (C=O) groups is 1. The van der Waals surface area contributed by atoms with Crippen molar-refractivity contribution in [3.8, 4) is 11.3 Å². The van der Waals surface area contributed by atoms with E-state index in [-0.39, 0.29) is 6.42 Å². The molecule has 1 heterocycles. The second-order valence-electron chi connectivity index (χ2n) is 5.78. The number of hydrogen-bond donors (Lipinski definition) is 2. The summed E-state index contributed by atoms with van der Waals surface area (Å²) in [6.45, 7) is 4.09. The molecule has 0 fully saturated rings. The molecule has 2 aromatic carbocycles. The molecule has 0 saturated heterocycles. The molecule has 23 heavy (non-hydrogen) atoms. The Morgan fingerprint density at radius 3 is 2.48 bits per heavy atom. The summed E-state index contributed by atoms with van der Waals surface area (Å²) < 4.78 is 0. The lowest BCUT2D eigenvalue weighted by molar-refractivity contribution is -0.136. The van der Waals surface area contributed by atoms with Gasteiger partial charge >= 0.3 is 5.97 Å². The average Bonchev–Trinajstić information content (AvgIpc) is 2.85. The van der Waals surface area contributed by atoms with Crippen molar-refractivity contribution in [2.45, 2.75) is 25.2 Å². The van der Waals surface area contributed by atoms with Gasteiger partial charge in [0.15, 0.2) is 0 Å². The van der Waals surface area contributed by atoms with Crippen molar-refractivity contribution in [3.63, 3.8) is 0 Å². The summed E-state index contributed by atoms with van der Waals surface area (Å²) in [4.78, 5) is 16.0. The first-order valence-corrected chi connectivity index (χ1v) is 8.70. The molecule has 0 unspecified atom stereocenters. The van der Waals surface area contributed by atoms with Gasteiger partial charge in [0, 0.05) is 15.8 Å². The monoisotopic (exact) mass is 325 g/mol. The fourth-order valence-electron chi connectivity index (χ4n) is 3.13. The second-order valence-corrected chi connectivity index (χ2v) is 6.66. The van der Waals surface area contributed by atoms with E-state index in [2.05, 4.69) is 36.2 Å². The van der Waals surface area contributed by atoms with Gasteiger partial charge in [-0.15, -0.1) is 11.8 Å². The number of aromatic amines is 1. The number of carboxylic acids is 1. The van der Waals surface area contributed by atoms with Gasteiger partial charge in [0.1, 0.15) is 0 Å². The molecule has 118 valence electrons. The van der Waals surface area contributed by atoms with Gasteiger partial charge in [-0.2, -0.15) is 0 Å². The minimum atomic E-state index is -0.812. The van der Waals surface area contributed by atoms with Gasteiger partial charge in [0.05, 0.1) is 12.1 Å². The number of rotatable bonds is 4. The van der Waals surface area contributed by atoms with Crippen LogP contribution in [0.5, 0.6) is 0 Å². The van der Waals surface area contributed by atoms with Crippen molar-refractivity contribution in [3.05, 3.63) is 53.1 Å². The Balaban J connectivity index is 2.25. The van der Waals surface area contributed by atoms with Gasteiger partial charge < -0.3 is 10.1 Å². The number of aryl methyl sites for hydroxylation is 2. The Labute approximate surface area is 139 Å². The summed E-state index contributed by atoms with van der Waals surface area (Å²) in [7, 11) is 0. The van der Waals surface area contributed by atoms with Crippen molar-refractivity contribution >= 4 is 28.6 Å². The van der Waals surface area contributed by atoms with E-state index in [0.717, 1.165) is 33.3 Å². The fourth-order valence-corrected chi connectivity index (χ4v) is 3.54. The molecule has 3 nitrogen and oxygen atoms in total. The first-order valence-electron chi connectivity index (χ1n) is 7.47. The molecule has 0 atom stereocenters. The predicted octanol–water partition coefficient (Wildman–Crippen LogP) is 4.80. The molecular formula is C19H19NO2S. The van der Waals surface area contributed by atoms with Crippen LogP contribution in [-0.2, 0) is 11.2 Å². The normalized spacial score (nSPS) is 11.1. The maximum Gasteiger partial charge on any atom is 0.307 e. The standard InChI is InChI=1S/C19H19NO2S/c1-11-8-12(2)18-15(10-17(21)22)19(20-16(18)9-11)13-4-6-14(23-3)7-5-13/h4-9,20H,10H2,1-3H3,(H,21,22). The molecule has 0 aliphatic rings. The molecular weight excluding hydrogens is 306 g/mol. The Morgan fingerprint density at radius 1 is 1.17 bits per heavy atom. The van der Waals surface area contributed by atoms with Crippen LogP contribution in [0.4, 0.5) is 0 Å². The SMILES string of the molecule is CSc1ccc(-c2[nH]c3cc(C)cc(C)c3c2CC(=O)O)cc1. The quantitative estimate of drug-likeness (QED) is 0.677. The topological polar surface area (TPSA) is 53.1 Å². The molecule has 0 radical (unpaired) electrons. The average molecular weight is 325 g/mol. The Bertz CT molecular complexity index is 879.